The Morgan fingerprint density at radius 3 is 2.50 bits per heavy atom. The lowest BCUT2D eigenvalue weighted by Gasteiger charge is -2.02. The van der Waals surface area contributed by atoms with E-state index in [9.17, 15) is 4.79 Å². The summed E-state index contributed by atoms with van der Waals surface area (Å²) in [6.07, 6.45) is -0.538. The molecule has 0 spiro atoms. The van der Waals surface area contributed by atoms with Crippen molar-refractivity contribution < 1.29 is 9.90 Å². The van der Waals surface area contributed by atoms with E-state index in [1.165, 1.54) is 6.92 Å². The van der Waals surface area contributed by atoms with Crippen molar-refractivity contribution in [1.82, 2.24) is 0 Å². The fraction of sp³-hybridized carbons (Fsp3) is 0.300. The Balaban J connectivity index is 2.59. The number of aliphatic hydroxyl groups excluding tert-OH is 1. The third-order valence-electron chi connectivity index (χ3n) is 1.69. The van der Waals surface area contributed by atoms with Crippen LogP contribution in [0.25, 0.3) is 0 Å². The molecule has 0 aromatic heterocycles. The van der Waals surface area contributed by atoms with E-state index in [4.69, 9.17) is 5.11 Å². The van der Waals surface area contributed by atoms with Gasteiger partial charge in [0.2, 0.25) is 0 Å². The number of aliphatic hydroxyl groups is 1. The average molecular weight is 164 g/mol. The first-order valence-corrected chi connectivity index (χ1v) is 3.95. The Labute approximate surface area is 71.8 Å². The summed E-state index contributed by atoms with van der Waals surface area (Å²) in [6.45, 7) is 1.49. The highest BCUT2D eigenvalue weighted by atomic mass is 16.3. The van der Waals surface area contributed by atoms with Crippen LogP contribution in [0.1, 0.15) is 12.5 Å². The van der Waals surface area contributed by atoms with Gasteiger partial charge < -0.3 is 5.11 Å². The maximum Gasteiger partial charge on any atom is 0.165 e. The monoisotopic (exact) mass is 164 g/mol. The van der Waals surface area contributed by atoms with Crippen LogP contribution in [0.3, 0.4) is 0 Å². The molecule has 1 aromatic carbocycles. The maximum atomic E-state index is 11.1. The number of hydrogen-bond donors (Lipinski definition) is 1. The van der Waals surface area contributed by atoms with Crippen molar-refractivity contribution in [2.75, 3.05) is 0 Å². The minimum atomic E-state index is -0.856. The summed E-state index contributed by atoms with van der Waals surface area (Å²) in [4.78, 5) is 11.1. The van der Waals surface area contributed by atoms with E-state index in [1.54, 1.807) is 0 Å². The molecule has 0 heterocycles. The standard InChI is InChI=1S/C10H12O2/c1-8(11)10(12)7-9-5-3-2-4-6-9/h2-6,8,11H,7H2,1H3/t8-/m1/s1. The Morgan fingerprint density at radius 2 is 2.00 bits per heavy atom. The third kappa shape index (κ3) is 2.47. The van der Waals surface area contributed by atoms with Crippen molar-refractivity contribution in [2.24, 2.45) is 0 Å². The molecular formula is C10H12O2. The molecular weight excluding hydrogens is 152 g/mol. The second kappa shape index (κ2) is 4.02. The number of benzene rings is 1. The van der Waals surface area contributed by atoms with Crippen LogP contribution >= 0.6 is 0 Å². The molecule has 0 radical (unpaired) electrons. The fourth-order valence-corrected chi connectivity index (χ4v) is 0.945. The van der Waals surface area contributed by atoms with Gasteiger partial charge >= 0.3 is 0 Å². The molecule has 0 bridgehead atoms. The molecule has 0 aliphatic rings. The second-order valence-electron chi connectivity index (χ2n) is 2.80. The highest BCUT2D eigenvalue weighted by Crippen LogP contribution is 2.01. The minimum Gasteiger partial charge on any atom is -0.386 e. The van der Waals surface area contributed by atoms with E-state index >= 15 is 0 Å². The summed E-state index contributed by atoms with van der Waals surface area (Å²) in [6, 6.07) is 9.41. The van der Waals surface area contributed by atoms with E-state index < -0.39 is 6.10 Å². The van der Waals surface area contributed by atoms with Crippen LogP contribution in [0.15, 0.2) is 30.3 Å². The number of carbonyl (C=O) groups is 1. The highest BCUT2D eigenvalue weighted by molar-refractivity contribution is 5.84. The first-order valence-electron chi connectivity index (χ1n) is 3.95. The van der Waals surface area contributed by atoms with Crippen molar-refractivity contribution >= 4 is 5.78 Å². The molecule has 0 saturated heterocycles. The van der Waals surface area contributed by atoms with Crippen LogP contribution in [0.5, 0.6) is 0 Å². The molecule has 0 amide bonds. The summed E-state index contributed by atoms with van der Waals surface area (Å²) >= 11 is 0. The van der Waals surface area contributed by atoms with Gasteiger partial charge in [-0.25, -0.2) is 0 Å². The zero-order valence-corrected chi connectivity index (χ0v) is 7.03. The van der Waals surface area contributed by atoms with Crippen molar-refractivity contribution in [3.8, 4) is 0 Å². The van der Waals surface area contributed by atoms with Gasteiger partial charge in [0.15, 0.2) is 5.78 Å². The van der Waals surface area contributed by atoms with E-state index in [2.05, 4.69) is 0 Å². The van der Waals surface area contributed by atoms with Gasteiger partial charge in [0.25, 0.3) is 0 Å². The molecule has 0 unspecified atom stereocenters. The Hall–Kier alpha value is -1.15. The van der Waals surface area contributed by atoms with Gasteiger partial charge in [-0.05, 0) is 12.5 Å². The minimum absolute atomic E-state index is 0.138. The molecule has 0 aliphatic heterocycles. The number of rotatable bonds is 3. The van der Waals surface area contributed by atoms with Crippen LogP contribution in [0.4, 0.5) is 0 Å². The third-order valence-corrected chi connectivity index (χ3v) is 1.69. The Morgan fingerprint density at radius 1 is 1.42 bits per heavy atom. The Kier molecular flexibility index (Phi) is 3.00. The molecule has 0 saturated carbocycles. The summed E-state index contributed by atoms with van der Waals surface area (Å²) in [7, 11) is 0. The molecule has 2 heteroatoms. The molecule has 2 nitrogen and oxygen atoms in total. The topological polar surface area (TPSA) is 37.3 Å². The molecule has 12 heavy (non-hydrogen) atoms. The predicted octanol–water partition coefficient (Wildman–Crippen LogP) is 1.18. The van der Waals surface area contributed by atoms with Crippen molar-refractivity contribution in [1.29, 1.82) is 0 Å². The maximum absolute atomic E-state index is 11.1. The predicted molar refractivity (Wildman–Crippen MR) is 46.8 cm³/mol. The van der Waals surface area contributed by atoms with Gasteiger partial charge in [0.1, 0.15) is 6.10 Å². The lowest BCUT2D eigenvalue weighted by molar-refractivity contribution is -0.125. The zero-order chi connectivity index (χ0) is 8.97. The van der Waals surface area contributed by atoms with Crippen LogP contribution in [-0.2, 0) is 11.2 Å². The largest absolute Gasteiger partial charge is 0.386 e. The van der Waals surface area contributed by atoms with Gasteiger partial charge in [0, 0.05) is 6.42 Å². The van der Waals surface area contributed by atoms with Gasteiger partial charge in [-0.2, -0.15) is 0 Å². The Bertz CT molecular complexity index is 252. The fourth-order valence-electron chi connectivity index (χ4n) is 0.945. The summed E-state index contributed by atoms with van der Waals surface area (Å²) < 4.78 is 0. The van der Waals surface area contributed by atoms with Crippen LogP contribution in [0, 0.1) is 0 Å². The number of ketones is 1. The van der Waals surface area contributed by atoms with Gasteiger partial charge in [-0.3, -0.25) is 4.79 Å². The van der Waals surface area contributed by atoms with Crippen LogP contribution in [-0.4, -0.2) is 17.0 Å². The quantitative estimate of drug-likeness (QED) is 0.728. The molecule has 64 valence electrons. The zero-order valence-electron chi connectivity index (χ0n) is 7.03. The first kappa shape index (κ1) is 8.94. The van der Waals surface area contributed by atoms with E-state index in [0.29, 0.717) is 6.42 Å². The molecule has 1 N–H and O–H groups in total. The smallest absolute Gasteiger partial charge is 0.165 e. The molecule has 1 aromatic rings. The number of Topliss-reactive ketones (excluding diaryl/α,β-unsaturated/α-hetero) is 1. The van der Waals surface area contributed by atoms with Crippen molar-refractivity contribution in [2.45, 2.75) is 19.4 Å². The number of carbonyl (C=O) groups excluding carboxylic acids is 1. The lowest BCUT2D eigenvalue weighted by Crippen LogP contribution is -2.18. The molecule has 1 rings (SSSR count). The molecule has 0 fully saturated rings. The van der Waals surface area contributed by atoms with Crippen molar-refractivity contribution in [3.63, 3.8) is 0 Å². The number of hydrogen-bond acceptors (Lipinski definition) is 2. The van der Waals surface area contributed by atoms with E-state index in [1.807, 2.05) is 30.3 Å². The van der Waals surface area contributed by atoms with Crippen LogP contribution < -0.4 is 0 Å². The first-order chi connectivity index (χ1) is 5.70. The van der Waals surface area contributed by atoms with E-state index in [0.717, 1.165) is 5.56 Å². The lowest BCUT2D eigenvalue weighted by atomic mass is 10.1. The summed E-state index contributed by atoms with van der Waals surface area (Å²) in [5, 5.41) is 8.93. The van der Waals surface area contributed by atoms with Crippen molar-refractivity contribution in [3.05, 3.63) is 35.9 Å². The summed E-state index contributed by atoms with van der Waals surface area (Å²) in [5.41, 5.74) is 0.948. The van der Waals surface area contributed by atoms with Gasteiger partial charge in [0.05, 0.1) is 0 Å². The average Bonchev–Trinajstić information content (AvgIpc) is 2.06. The molecule has 0 aliphatic carbocycles. The van der Waals surface area contributed by atoms with Gasteiger partial charge in [-0.15, -0.1) is 0 Å². The summed E-state index contributed by atoms with van der Waals surface area (Å²) in [5.74, 6) is -0.138. The highest BCUT2D eigenvalue weighted by Gasteiger charge is 2.08. The normalized spacial score (nSPS) is 12.5. The SMILES string of the molecule is C[C@@H](O)C(=O)Cc1ccccc1. The van der Waals surface area contributed by atoms with Gasteiger partial charge in [-0.1, -0.05) is 30.3 Å². The van der Waals surface area contributed by atoms with E-state index in [-0.39, 0.29) is 5.78 Å². The van der Waals surface area contributed by atoms with Crippen LogP contribution in [0.2, 0.25) is 0 Å². The second-order valence-corrected chi connectivity index (χ2v) is 2.80. The molecule has 1 atom stereocenters.